The molecule has 0 bridgehead atoms. The zero-order valence-electron chi connectivity index (χ0n) is 16.3. The van der Waals surface area contributed by atoms with Gasteiger partial charge in [-0.2, -0.15) is 0 Å². The number of thiazole rings is 1. The number of carbonyl (C=O) groups excluding carboxylic acids is 1. The number of hydrogen-bond acceptors (Lipinski definition) is 6. The molecule has 1 amide bonds. The van der Waals surface area contributed by atoms with Gasteiger partial charge in [-0.3, -0.25) is 9.79 Å². The predicted molar refractivity (Wildman–Crippen MR) is 107 cm³/mol. The monoisotopic (exact) mass is 392 g/mol. The van der Waals surface area contributed by atoms with Gasteiger partial charge in [0.05, 0.1) is 23.4 Å². The van der Waals surface area contributed by atoms with Crippen LogP contribution in [0.15, 0.2) is 21.1 Å². The molecule has 2 heterocycles. The van der Waals surface area contributed by atoms with Crippen LogP contribution in [0.4, 0.5) is 0 Å². The minimum Gasteiger partial charge on any atom is -0.359 e. The third-order valence-corrected chi connectivity index (χ3v) is 5.22. The first kappa shape index (κ1) is 20.9. The van der Waals surface area contributed by atoms with Gasteiger partial charge in [-0.05, 0) is 19.8 Å². The largest absolute Gasteiger partial charge is 0.359 e. The molecule has 2 aromatic rings. The van der Waals surface area contributed by atoms with Gasteiger partial charge in [0, 0.05) is 32.1 Å². The van der Waals surface area contributed by atoms with E-state index in [1.54, 1.807) is 12.6 Å². The smallest absolute Gasteiger partial charge is 0.263 e. The second-order valence-electron chi connectivity index (χ2n) is 6.11. The third-order valence-electron chi connectivity index (χ3n) is 4.29. The van der Waals surface area contributed by atoms with E-state index in [9.17, 15) is 4.79 Å². The van der Waals surface area contributed by atoms with E-state index in [4.69, 9.17) is 4.52 Å². The maximum Gasteiger partial charge on any atom is 0.263 e. The van der Waals surface area contributed by atoms with E-state index in [2.05, 4.69) is 44.9 Å². The van der Waals surface area contributed by atoms with Gasteiger partial charge in [0.15, 0.2) is 11.7 Å². The van der Waals surface area contributed by atoms with Crippen LogP contribution in [-0.2, 0) is 6.54 Å². The summed E-state index contributed by atoms with van der Waals surface area (Å²) in [7, 11) is 1.70. The minimum absolute atomic E-state index is 0.102. The lowest BCUT2D eigenvalue weighted by Gasteiger charge is -2.11. The molecule has 0 spiro atoms. The van der Waals surface area contributed by atoms with Crippen LogP contribution in [0.2, 0.25) is 0 Å². The maximum absolute atomic E-state index is 12.0. The van der Waals surface area contributed by atoms with Gasteiger partial charge in [0.25, 0.3) is 5.91 Å². The Balaban J connectivity index is 1.72. The number of guanidine groups is 1. The van der Waals surface area contributed by atoms with Crippen LogP contribution in [0.25, 0.3) is 0 Å². The number of carbonyl (C=O) groups is 1. The average molecular weight is 393 g/mol. The van der Waals surface area contributed by atoms with Crippen molar-refractivity contribution in [3.05, 3.63) is 33.6 Å². The van der Waals surface area contributed by atoms with Crippen molar-refractivity contribution < 1.29 is 9.32 Å². The highest BCUT2D eigenvalue weighted by molar-refractivity contribution is 7.11. The number of aliphatic imine (C=N–C) groups is 1. The summed E-state index contributed by atoms with van der Waals surface area (Å²) in [5.41, 5.74) is 3.43. The molecular weight excluding hydrogens is 364 g/mol. The second kappa shape index (κ2) is 10.7. The standard InChI is InChI=1S/C18H28N6O2S/c1-5-13(6-2)15-9-14(26-24-15)10-22-18(19-4)21-8-7-20-17(25)16-12(3)23-11-27-16/h9,11,13H,5-8,10H2,1-4H3,(H,20,25)(H2,19,21,22). The molecule has 2 rings (SSSR count). The number of nitrogens with zero attached hydrogens (tertiary/aromatic N) is 3. The van der Waals surface area contributed by atoms with E-state index in [1.165, 1.54) is 11.3 Å². The summed E-state index contributed by atoms with van der Waals surface area (Å²) in [5.74, 6) is 1.74. The minimum atomic E-state index is -0.102. The summed E-state index contributed by atoms with van der Waals surface area (Å²) in [5, 5.41) is 13.4. The number of amides is 1. The van der Waals surface area contributed by atoms with Crippen LogP contribution in [-0.4, -0.2) is 42.1 Å². The Bertz CT molecular complexity index is 751. The third kappa shape index (κ3) is 6.06. The molecule has 0 atom stereocenters. The molecule has 8 nitrogen and oxygen atoms in total. The Morgan fingerprint density at radius 2 is 2.00 bits per heavy atom. The van der Waals surface area contributed by atoms with E-state index in [0.29, 0.717) is 36.4 Å². The highest BCUT2D eigenvalue weighted by Gasteiger charge is 2.13. The number of rotatable bonds is 9. The van der Waals surface area contributed by atoms with Gasteiger partial charge < -0.3 is 20.5 Å². The molecule has 2 aromatic heterocycles. The number of nitrogens with one attached hydrogen (secondary N) is 3. The number of hydrogen-bond donors (Lipinski definition) is 3. The van der Waals surface area contributed by atoms with Crippen molar-refractivity contribution >= 4 is 23.2 Å². The van der Waals surface area contributed by atoms with Gasteiger partial charge >= 0.3 is 0 Å². The lowest BCUT2D eigenvalue weighted by Crippen LogP contribution is -2.41. The Hall–Kier alpha value is -2.42. The summed E-state index contributed by atoms with van der Waals surface area (Å²) in [6.07, 6.45) is 2.10. The van der Waals surface area contributed by atoms with Crippen molar-refractivity contribution in [3.63, 3.8) is 0 Å². The van der Waals surface area contributed by atoms with Crippen LogP contribution in [0.1, 0.15) is 59.4 Å². The Morgan fingerprint density at radius 3 is 2.63 bits per heavy atom. The molecule has 27 heavy (non-hydrogen) atoms. The van der Waals surface area contributed by atoms with Crippen molar-refractivity contribution in [2.75, 3.05) is 20.1 Å². The molecule has 9 heteroatoms. The predicted octanol–water partition coefficient (Wildman–Crippen LogP) is 2.44. The van der Waals surface area contributed by atoms with Gasteiger partial charge in [0.2, 0.25) is 0 Å². The van der Waals surface area contributed by atoms with Gasteiger partial charge in [-0.1, -0.05) is 19.0 Å². The molecule has 0 saturated carbocycles. The highest BCUT2D eigenvalue weighted by Crippen LogP contribution is 2.22. The van der Waals surface area contributed by atoms with E-state index >= 15 is 0 Å². The summed E-state index contributed by atoms with van der Waals surface area (Å²) < 4.78 is 5.40. The maximum atomic E-state index is 12.0. The molecule has 0 aromatic carbocycles. The molecule has 0 saturated heterocycles. The average Bonchev–Trinajstić information content (AvgIpc) is 3.31. The van der Waals surface area contributed by atoms with E-state index in [0.717, 1.165) is 30.0 Å². The van der Waals surface area contributed by atoms with E-state index in [1.807, 2.05) is 13.0 Å². The first-order chi connectivity index (χ1) is 13.1. The fraction of sp³-hybridized carbons (Fsp3) is 0.556. The summed E-state index contributed by atoms with van der Waals surface area (Å²) in [6.45, 7) is 7.67. The molecular formula is C18H28N6O2S. The van der Waals surface area contributed by atoms with Gasteiger partial charge in [-0.15, -0.1) is 11.3 Å². The SMILES string of the molecule is CCC(CC)c1cc(CNC(=NC)NCCNC(=O)c2scnc2C)on1. The summed E-state index contributed by atoms with van der Waals surface area (Å²) in [4.78, 5) is 20.9. The van der Waals surface area contributed by atoms with Crippen LogP contribution < -0.4 is 16.0 Å². The van der Waals surface area contributed by atoms with Crippen LogP contribution in [0.3, 0.4) is 0 Å². The molecule has 3 N–H and O–H groups in total. The molecule has 0 unspecified atom stereocenters. The zero-order valence-corrected chi connectivity index (χ0v) is 17.2. The molecule has 148 valence electrons. The van der Waals surface area contributed by atoms with Gasteiger partial charge in [0.1, 0.15) is 4.88 Å². The van der Waals surface area contributed by atoms with Crippen LogP contribution in [0, 0.1) is 6.92 Å². The van der Waals surface area contributed by atoms with Crippen molar-refractivity contribution in [1.82, 2.24) is 26.1 Å². The van der Waals surface area contributed by atoms with E-state index in [-0.39, 0.29) is 5.91 Å². The topological polar surface area (TPSA) is 104 Å². The second-order valence-corrected chi connectivity index (χ2v) is 6.96. The molecule has 0 radical (unpaired) electrons. The lowest BCUT2D eigenvalue weighted by atomic mass is 9.99. The van der Waals surface area contributed by atoms with Crippen LogP contribution >= 0.6 is 11.3 Å². The number of aryl methyl sites for hydroxylation is 1. The van der Waals surface area contributed by atoms with Crippen molar-refractivity contribution in [1.29, 1.82) is 0 Å². The van der Waals surface area contributed by atoms with Gasteiger partial charge in [-0.25, -0.2) is 4.98 Å². The number of aromatic nitrogens is 2. The fourth-order valence-corrected chi connectivity index (χ4v) is 3.38. The van der Waals surface area contributed by atoms with Crippen molar-refractivity contribution in [3.8, 4) is 0 Å². The molecule has 0 fully saturated rings. The molecule has 0 aliphatic rings. The first-order valence-electron chi connectivity index (χ1n) is 9.17. The first-order valence-corrected chi connectivity index (χ1v) is 10.0. The lowest BCUT2D eigenvalue weighted by molar-refractivity contribution is 0.0957. The van der Waals surface area contributed by atoms with Crippen molar-refractivity contribution in [2.45, 2.75) is 46.1 Å². The fourth-order valence-electron chi connectivity index (χ4n) is 2.66. The molecule has 0 aliphatic heterocycles. The van der Waals surface area contributed by atoms with E-state index < -0.39 is 0 Å². The Kier molecular flexibility index (Phi) is 8.25. The Labute approximate surface area is 163 Å². The van der Waals surface area contributed by atoms with Crippen molar-refractivity contribution in [2.24, 2.45) is 4.99 Å². The molecule has 0 aliphatic carbocycles. The van der Waals surface area contributed by atoms with Crippen LogP contribution in [0.5, 0.6) is 0 Å². The summed E-state index contributed by atoms with van der Waals surface area (Å²) in [6, 6.07) is 2.00. The zero-order chi connectivity index (χ0) is 19.6. The quantitative estimate of drug-likeness (QED) is 0.344. The Morgan fingerprint density at radius 1 is 1.26 bits per heavy atom. The summed E-state index contributed by atoms with van der Waals surface area (Å²) >= 11 is 1.34. The highest BCUT2D eigenvalue weighted by atomic mass is 32.1. The normalized spacial score (nSPS) is 11.7.